The van der Waals surface area contributed by atoms with Crippen LogP contribution >= 0.6 is 11.3 Å². The highest BCUT2D eigenvalue weighted by atomic mass is 32.1. The predicted octanol–water partition coefficient (Wildman–Crippen LogP) is 4.98. The minimum absolute atomic E-state index is 0.236. The predicted molar refractivity (Wildman–Crippen MR) is 127 cm³/mol. The van der Waals surface area contributed by atoms with Crippen LogP contribution in [0.3, 0.4) is 0 Å². The minimum Gasteiger partial charge on any atom is -0.472 e. The summed E-state index contributed by atoms with van der Waals surface area (Å²) in [5.41, 5.74) is 2.75. The summed E-state index contributed by atoms with van der Waals surface area (Å²) in [4.78, 5) is 21.1. The van der Waals surface area contributed by atoms with E-state index >= 15 is 0 Å². The van der Waals surface area contributed by atoms with E-state index in [-0.39, 0.29) is 11.6 Å². The molecule has 0 bridgehead atoms. The fourth-order valence-corrected chi connectivity index (χ4v) is 4.35. The number of carbonyl (C=O) groups is 1. The molecule has 0 aliphatic carbocycles. The van der Waals surface area contributed by atoms with Crippen molar-refractivity contribution in [1.29, 1.82) is 0 Å². The molecule has 4 aromatic heterocycles. The van der Waals surface area contributed by atoms with Crippen LogP contribution in [0.4, 0.5) is 10.1 Å². The van der Waals surface area contributed by atoms with Gasteiger partial charge in [-0.25, -0.2) is 9.97 Å². The Morgan fingerprint density at radius 2 is 2.12 bits per heavy atom. The highest BCUT2D eigenvalue weighted by Crippen LogP contribution is 2.33. The average Bonchev–Trinajstić information content (AvgIpc) is 3.53. The summed E-state index contributed by atoms with van der Waals surface area (Å²) in [5.74, 6) is -0.961. The molecular weight excluding hydrogens is 457 g/mol. The molecule has 1 aromatic carbocycles. The number of furan rings is 1. The van der Waals surface area contributed by atoms with Crippen LogP contribution in [0, 0.1) is 5.95 Å². The number of thiazole rings is 1. The molecule has 0 unspecified atom stereocenters. The second-order valence-electron chi connectivity index (χ2n) is 8.47. The lowest BCUT2D eigenvalue weighted by atomic mass is 10.0. The Morgan fingerprint density at radius 1 is 1.26 bits per heavy atom. The van der Waals surface area contributed by atoms with Crippen molar-refractivity contribution < 1.29 is 18.7 Å². The Bertz CT molecular complexity index is 1470. The molecule has 5 aromatic rings. The number of amides is 1. The number of hydrogen-bond donors (Lipinski definition) is 2. The largest absolute Gasteiger partial charge is 0.472 e. The SMILES string of the molecule is CC(C)(O)Cn1cc2cc(NC(=O)c3csc(-c4ccc(F)nc4)n3)c(-c3ccoc3)cc2n1. The fourth-order valence-electron chi connectivity index (χ4n) is 3.56. The van der Waals surface area contributed by atoms with E-state index < -0.39 is 11.5 Å². The molecule has 0 aliphatic heterocycles. The van der Waals surface area contributed by atoms with Gasteiger partial charge in [-0.1, -0.05) is 0 Å². The Kier molecular flexibility index (Phi) is 5.46. The number of nitrogens with zero attached hydrogens (tertiary/aromatic N) is 4. The standard InChI is InChI=1S/C24H20FN5O3S/c1-24(2,32)13-30-10-16-7-19(17(8-18(16)29-30)15-5-6-33-11-15)27-22(31)20-12-34-23(28-20)14-3-4-21(25)26-9-14/h3-12,32H,13H2,1-2H3,(H,27,31). The van der Waals surface area contributed by atoms with Crippen molar-refractivity contribution >= 4 is 33.8 Å². The number of hydrogen-bond acceptors (Lipinski definition) is 7. The second kappa shape index (κ2) is 8.47. The highest BCUT2D eigenvalue weighted by Gasteiger charge is 2.19. The van der Waals surface area contributed by atoms with Gasteiger partial charge < -0.3 is 14.8 Å². The lowest BCUT2D eigenvalue weighted by Crippen LogP contribution is -2.26. The van der Waals surface area contributed by atoms with Crippen LogP contribution in [0.15, 0.2) is 65.0 Å². The summed E-state index contributed by atoms with van der Waals surface area (Å²) in [6.07, 6.45) is 6.35. The smallest absolute Gasteiger partial charge is 0.275 e. The van der Waals surface area contributed by atoms with Crippen molar-refractivity contribution in [2.24, 2.45) is 0 Å². The number of halogens is 1. The molecule has 10 heteroatoms. The van der Waals surface area contributed by atoms with E-state index in [0.29, 0.717) is 22.8 Å². The van der Waals surface area contributed by atoms with Gasteiger partial charge in [0.05, 0.1) is 30.2 Å². The molecule has 4 heterocycles. The first-order valence-corrected chi connectivity index (χ1v) is 11.3. The van der Waals surface area contributed by atoms with Gasteiger partial charge in [-0.2, -0.15) is 9.49 Å². The first-order chi connectivity index (χ1) is 16.2. The van der Waals surface area contributed by atoms with Gasteiger partial charge in [-0.05, 0) is 44.2 Å². The zero-order valence-electron chi connectivity index (χ0n) is 18.3. The Balaban J connectivity index is 1.48. The quantitative estimate of drug-likeness (QED) is 0.334. The van der Waals surface area contributed by atoms with Gasteiger partial charge in [0, 0.05) is 45.5 Å². The molecule has 0 radical (unpaired) electrons. The van der Waals surface area contributed by atoms with Gasteiger partial charge in [0.15, 0.2) is 0 Å². The first-order valence-electron chi connectivity index (χ1n) is 10.4. The summed E-state index contributed by atoms with van der Waals surface area (Å²) in [7, 11) is 0. The van der Waals surface area contributed by atoms with E-state index in [1.54, 1.807) is 48.6 Å². The van der Waals surface area contributed by atoms with Gasteiger partial charge in [0.2, 0.25) is 5.95 Å². The summed E-state index contributed by atoms with van der Waals surface area (Å²) in [5, 5.41) is 20.7. The van der Waals surface area contributed by atoms with E-state index in [4.69, 9.17) is 4.42 Å². The molecule has 5 rings (SSSR count). The van der Waals surface area contributed by atoms with E-state index in [9.17, 15) is 14.3 Å². The molecule has 0 saturated carbocycles. The molecular formula is C24H20FN5O3S. The summed E-state index contributed by atoms with van der Waals surface area (Å²) < 4.78 is 20.0. The number of nitrogens with one attached hydrogen (secondary N) is 1. The molecule has 0 spiro atoms. The van der Waals surface area contributed by atoms with Crippen LogP contribution in [0.2, 0.25) is 0 Å². The number of benzene rings is 1. The van der Waals surface area contributed by atoms with Gasteiger partial charge in [-0.15, -0.1) is 11.3 Å². The molecule has 0 saturated heterocycles. The van der Waals surface area contributed by atoms with Crippen LogP contribution in [-0.2, 0) is 6.54 Å². The zero-order valence-corrected chi connectivity index (χ0v) is 19.1. The number of rotatable bonds is 6. The Morgan fingerprint density at radius 3 is 2.82 bits per heavy atom. The number of aliphatic hydroxyl groups is 1. The van der Waals surface area contributed by atoms with Crippen LogP contribution < -0.4 is 5.32 Å². The van der Waals surface area contributed by atoms with Crippen molar-refractivity contribution in [1.82, 2.24) is 19.7 Å². The third-order valence-electron chi connectivity index (χ3n) is 5.03. The van der Waals surface area contributed by atoms with E-state index in [1.807, 2.05) is 18.3 Å². The van der Waals surface area contributed by atoms with Crippen molar-refractivity contribution in [2.75, 3.05) is 5.32 Å². The number of aromatic nitrogens is 4. The maximum absolute atomic E-state index is 13.1. The molecule has 1 amide bonds. The number of fused-ring (bicyclic) bond motifs is 1. The maximum Gasteiger partial charge on any atom is 0.275 e. The van der Waals surface area contributed by atoms with Gasteiger partial charge in [0.25, 0.3) is 5.91 Å². The summed E-state index contributed by atoms with van der Waals surface area (Å²) in [6.45, 7) is 3.75. The van der Waals surface area contributed by atoms with E-state index in [1.165, 1.54) is 23.6 Å². The molecule has 0 fully saturated rings. The monoisotopic (exact) mass is 477 g/mol. The van der Waals surface area contributed by atoms with Gasteiger partial charge in [0.1, 0.15) is 10.7 Å². The van der Waals surface area contributed by atoms with Crippen molar-refractivity contribution in [3.05, 3.63) is 72.3 Å². The van der Waals surface area contributed by atoms with Crippen LogP contribution in [0.25, 0.3) is 32.6 Å². The van der Waals surface area contributed by atoms with Crippen LogP contribution in [-0.4, -0.2) is 36.4 Å². The van der Waals surface area contributed by atoms with Crippen LogP contribution in [0.5, 0.6) is 0 Å². The Labute approximate surface area is 197 Å². The zero-order chi connectivity index (χ0) is 23.9. The molecule has 0 aliphatic rings. The number of carbonyl (C=O) groups excluding carboxylic acids is 1. The maximum atomic E-state index is 13.1. The Hall–Kier alpha value is -3.89. The highest BCUT2D eigenvalue weighted by molar-refractivity contribution is 7.13. The second-order valence-corrected chi connectivity index (χ2v) is 9.33. The molecule has 0 atom stereocenters. The number of anilines is 1. The normalized spacial score (nSPS) is 11.8. The van der Waals surface area contributed by atoms with E-state index in [0.717, 1.165) is 22.0 Å². The topological polar surface area (TPSA) is 106 Å². The van der Waals surface area contributed by atoms with Crippen molar-refractivity contribution in [3.63, 3.8) is 0 Å². The average molecular weight is 478 g/mol. The lowest BCUT2D eigenvalue weighted by molar-refractivity contribution is 0.0580. The molecule has 172 valence electrons. The third-order valence-corrected chi connectivity index (χ3v) is 5.92. The van der Waals surface area contributed by atoms with E-state index in [2.05, 4.69) is 20.4 Å². The van der Waals surface area contributed by atoms with Crippen molar-refractivity contribution in [2.45, 2.75) is 26.0 Å². The fraction of sp³-hybridized carbons (Fsp3) is 0.167. The molecule has 2 N–H and O–H groups in total. The lowest BCUT2D eigenvalue weighted by Gasteiger charge is -2.16. The first kappa shape index (κ1) is 21.9. The minimum atomic E-state index is -0.922. The third kappa shape index (κ3) is 4.59. The summed E-state index contributed by atoms with van der Waals surface area (Å²) >= 11 is 1.27. The van der Waals surface area contributed by atoms with Gasteiger partial charge >= 0.3 is 0 Å². The molecule has 8 nitrogen and oxygen atoms in total. The number of pyridine rings is 1. The van der Waals surface area contributed by atoms with Crippen LogP contribution in [0.1, 0.15) is 24.3 Å². The van der Waals surface area contributed by atoms with Crippen molar-refractivity contribution in [3.8, 4) is 21.7 Å². The molecule has 34 heavy (non-hydrogen) atoms. The summed E-state index contributed by atoms with van der Waals surface area (Å²) in [6, 6.07) is 8.32. The van der Waals surface area contributed by atoms with Gasteiger partial charge in [-0.3, -0.25) is 9.48 Å².